The average molecular weight is 494 g/mol. The number of amides is 3. The Bertz CT molecular complexity index is 1230. The second-order valence-electron chi connectivity index (χ2n) is 7.82. The fraction of sp³-hybridized carbons (Fsp3) is 0.192. The summed E-state index contributed by atoms with van der Waals surface area (Å²) in [6.45, 7) is 3.49. The van der Waals surface area contributed by atoms with E-state index in [9.17, 15) is 14.4 Å². The number of rotatable bonds is 8. The van der Waals surface area contributed by atoms with Crippen LogP contribution in [0.15, 0.2) is 72.8 Å². The fourth-order valence-electron chi connectivity index (χ4n) is 3.77. The van der Waals surface area contributed by atoms with Crippen molar-refractivity contribution in [2.45, 2.75) is 26.0 Å². The lowest BCUT2D eigenvalue weighted by Gasteiger charge is -2.46. The first-order valence-corrected chi connectivity index (χ1v) is 11.4. The molecule has 1 heterocycles. The number of carbonyl (C=O) groups excluding carboxylic acids is 3. The van der Waals surface area contributed by atoms with E-state index in [2.05, 4.69) is 10.7 Å². The number of anilines is 1. The quantitative estimate of drug-likeness (QED) is 0.454. The predicted molar refractivity (Wildman–Crippen MR) is 131 cm³/mol. The number of β-lactam (4-membered cyclic amide) rings is 1. The molecule has 4 rings (SSSR count). The average Bonchev–Trinajstić information content (AvgIpc) is 2.84. The lowest BCUT2D eigenvalue weighted by Crippen LogP contribution is -2.67. The van der Waals surface area contributed by atoms with Crippen molar-refractivity contribution in [2.24, 2.45) is 0 Å². The Morgan fingerprint density at radius 3 is 2.40 bits per heavy atom. The van der Waals surface area contributed by atoms with Crippen molar-refractivity contribution < 1.29 is 23.9 Å². The molecule has 0 radical (unpaired) electrons. The van der Waals surface area contributed by atoms with E-state index < -0.39 is 24.0 Å². The van der Waals surface area contributed by atoms with Crippen LogP contribution in [0.5, 0.6) is 11.5 Å². The van der Waals surface area contributed by atoms with Crippen LogP contribution < -0.4 is 20.2 Å². The summed E-state index contributed by atoms with van der Waals surface area (Å²) in [4.78, 5) is 37.6. The summed E-state index contributed by atoms with van der Waals surface area (Å²) in [5, 5.41) is 4.46. The number of hydrazine groups is 1. The van der Waals surface area contributed by atoms with Crippen LogP contribution >= 0.6 is 11.6 Å². The summed E-state index contributed by atoms with van der Waals surface area (Å²) in [5.74, 6) is -0.346. The predicted octanol–water partition coefficient (Wildman–Crippen LogP) is 4.37. The maximum Gasteiger partial charge on any atom is 0.285 e. The van der Waals surface area contributed by atoms with Gasteiger partial charge in [0.15, 0.2) is 0 Å². The molecule has 2 atom stereocenters. The second kappa shape index (κ2) is 10.5. The minimum Gasteiger partial charge on any atom is -0.493 e. The molecule has 3 aromatic rings. The first kappa shape index (κ1) is 24.1. The third kappa shape index (κ3) is 5.38. The van der Waals surface area contributed by atoms with Gasteiger partial charge in [0, 0.05) is 23.7 Å². The first-order valence-electron chi connectivity index (χ1n) is 11.0. The molecule has 2 N–H and O–H groups in total. The number of hydrogen-bond acceptors (Lipinski definition) is 5. The molecule has 0 bridgehead atoms. The van der Waals surface area contributed by atoms with Gasteiger partial charge in [-0.25, -0.2) is 5.01 Å². The summed E-state index contributed by atoms with van der Waals surface area (Å²) in [5.41, 5.74) is 4.15. The molecule has 180 valence electrons. The number of benzene rings is 3. The van der Waals surface area contributed by atoms with Crippen molar-refractivity contribution in [1.82, 2.24) is 10.4 Å². The number of para-hydroxylation sites is 1. The molecule has 9 heteroatoms. The van der Waals surface area contributed by atoms with E-state index in [1.807, 2.05) is 18.2 Å². The van der Waals surface area contributed by atoms with Crippen molar-refractivity contribution >= 4 is 35.0 Å². The summed E-state index contributed by atoms with van der Waals surface area (Å²) in [6, 6.07) is 20.1. The number of nitrogens with zero attached hydrogens (tertiary/aromatic N) is 1. The van der Waals surface area contributed by atoms with Gasteiger partial charge in [-0.15, -0.1) is 0 Å². The molecular weight excluding hydrogens is 470 g/mol. The Hall–Kier alpha value is -4.04. The summed E-state index contributed by atoms with van der Waals surface area (Å²) < 4.78 is 11.6. The van der Waals surface area contributed by atoms with E-state index >= 15 is 0 Å². The molecule has 1 saturated heterocycles. The lowest BCUT2D eigenvalue weighted by molar-refractivity contribution is -0.169. The van der Waals surface area contributed by atoms with Gasteiger partial charge in [0.05, 0.1) is 12.2 Å². The minimum absolute atomic E-state index is 0.219. The molecule has 0 unspecified atom stereocenters. The topological polar surface area (TPSA) is 97.0 Å². The van der Waals surface area contributed by atoms with E-state index in [0.29, 0.717) is 23.1 Å². The van der Waals surface area contributed by atoms with E-state index in [-0.39, 0.29) is 17.2 Å². The van der Waals surface area contributed by atoms with Crippen LogP contribution in [0, 0.1) is 0 Å². The molecule has 8 nitrogen and oxygen atoms in total. The monoisotopic (exact) mass is 493 g/mol. The molecule has 35 heavy (non-hydrogen) atoms. The van der Waals surface area contributed by atoms with Crippen molar-refractivity contribution in [2.75, 3.05) is 11.9 Å². The molecule has 1 aliphatic rings. The fourth-order valence-corrected chi connectivity index (χ4v) is 3.89. The van der Waals surface area contributed by atoms with Gasteiger partial charge in [0.2, 0.25) is 12.0 Å². The zero-order valence-electron chi connectivity index (χ0n) is 19.2. The molecule has 0 saturated carbocycles. The normalized spacial score (nSPS) is 16.8. The van der Waals surface area contributed by atoms with Crippen LogP contribution in [-0.2, 0) is 9.59 Å². The van der Waals surface area contributed by atoms with Gasteiger partial charge in [-0.2, -0.15) is 0 Å². The van der Waals surface area contributed by atoms with Gasteiger partial charge in [0.25, 0.3) is 11.8 Å². The van der Waals surface area contributed by atoms with Crippen LogP contribution in [0.4, 0.5) is 5.69 Å². The molecule has 1 fully saturated rings. The van der Waals surface area contributed by atoms with Gasteiger partial charge in [-0.05, 0) is 48.9 Å². The number of hydrogen-bond donors (Lipinski definition) is 2. The zero-order chi connectivity index (χ0) is 24.9. The van der Waals surface area contributed by atoms with Gasteiger partial charge in [-0.3, -0.25) is 19.8 Å². The Kier molecular flexibility index (Phi) is 7.22. The Morgan fingerprint density at radius 1 is 1.03 bits per heavy atom. The smallest absolute Gasteiger partial charge is 0.285 e. The summed E-state index contributed by atoms with van der Waals surface area (Å²) >= 11 is 6.04. The SMILES string of the molecule is CCOc1cc(NC(C)=O)ccc1C(=O)NN1C(=O)[C@@H](Oc2ccccc2)[C@H]1c1ccc(Cl)cc1. The zero-order valence-corrected chi connectivity index (χ0v) is 19.9. The minimum atomic E-state index is -0.826. The Morgan fingerprint density at radius 2 is 1.74 bits per heavy atom. The number of halogens is 1. The number of nitrogens with one attached hydrogen (secondary N) is 2. The molecule has 0 aliphatic carbocycles. The highest BCUT2D eigenvalue weighted by Crippen LogP contribution is 2.37. The van der Waals surface area contributed by atoms with Gasteiger partial charge < -0.3 is 14.8 Å². The van der Waals surface area contributed by atoms with Crippen molar-refractivity contribution in [1.29, 1.82) is 0 Å². The van der Waals surface area contributed by atoms with Crippen molar-refractivity contribution in [3.05, 3.63) is 88.9 Å². The van der Waals surface area contributed by atoms with Crippen molar-refractivity contribution in [3.8, 4) is 11.5 Å². The largest absolute Gasteiger partial charge is 0.493 e. The number of ether oxygens (including phenoxy) is 2. The molecule has 1 aliphatic heterocycles. The van der Waals surface area contributed by atoms with Gasteiger partial charge >= 0.3 is 0 Å². The van der Waals surface area contributed by atoms with Gasteiger partial charge in [0.1, 0.15) is 17.5 Å². The highest BCUT2D eigenvalue weighted by Gasteiger charge is 2.51. The highest BCUT2D eigenvalue weighted by atomic mass is 35.5. The van der Waals surface area contributed by atoms with Crippen LogP contribution in [0.3, 0.4) is 0 Å². The maximum absolute atomic E-state index is 13.2. The molecule has 3 amide bonds. The standard InChI is InChI=1S/C26H24ClN3O5/c1-3-34-22-15-19(28-16(2)31)13-14-21(22)25(32)29-30-23(17-9-11-18(27)12-10-17)24(26(30)33)35-20-7-5-4-6-8-20/h4-15,23-24H,3H2,1-2H3,(H,28,31)(H,29,32)/t23-,24+/m1/s1. The van der Waals surface area contributed by atoms with E-state index in [4.69, 9.17) is 21.1 Å². The molecule has 0 aromatic heterocycles. The van der Waals surface area contributed by atoms with Crippen molar-refractivity contribution in [3.63, 3.8) is 0 Å². The van der Waals surface area contributed by atoms with E-state index in [1.165, 1.54) is 18.0 Å². The van der Waals surface area contributed by atoms with Crippen LogP contribution in [0.1, 0.15) is 35.8 Å². The van der Waals surface area contributed by atoms with E-state index in [0.717, 1.165) is 5.56 Å². The summed E-state index contributed by atoms with van der Waals surface area (Å²) in [6.07, 6.45) is -0.826. The Balaban J connectivity index is 1.59. The third-order valence-corrected chi connectivity index (χ3v) is 5.58. The second-order valence-corrected chi connectivity index (χ2v) is 8.26. The maximum atomic E-state index is 13.2. The van der Waals surface area contributed by atoms with E-state index in [1.54, 1.807) is 55.5 Å². The third-order valence-electron chi connectivity index (χ3n) is 5.33. The van der Waals surface area contributed by atoms with Gasteiger partial charge in [-0.1, -0.05) is 41.9 Å². The Labute approximate surface area is 207 Å². The molecule has 0 spiro atoms. The molecular formula is C26H24ClN3O5. The summed E-state index contributed by atoms with van der Waals surface area (Å²) in [7, 11) is 0. The molecule has 3 aromatic carbocycles. The number of carbonyl (C=O) groups is 3. The van der Waals surface area contributed by atoms with Crippen LogP contribution in [-0.4, -0.2) is 35.4 Å². The lowest BCUT2D eigenvalue weighted by atomic mass is 9.92. The first-order chi connectivity index (χ1) is 16.9. The van der Waals surface area contributed by atoms with Crippen LogP contribution in [0.25, 0.3) is 0 Å². The van der Waals surface area contributed by atoms with Crippen LogP contribution in [0.2, 0.25) is 5.02 Å². The highest BCUT2D eigenvalue weighted by molar-refractivity contribution is 6.30.